The summed E-state index contributed by atoms with van der Waals surface area (Å²) in [6.45, 7) is 3.09. The van der Waals surface area contributed by atoms with Crippen LogP contribution in [0.2, 0.25) is 0 Å². The summed E-state index contributed by atoms with van der Waals surface area (Å²) < 4.78 is 5.39. The maximum Gasteiger partial charge on any atom is 0.245 e. The van der Waals surface area contributed by atoms with Crippen LogP contribution in [0, 0.1) is 5.92 Å². The summed E-state index contributed by atoms with van der Waals surface area (Å²) >= 11 is 0. The van der Waals surface area contributed by atoms with Crippen LogP contribution in [0.15, 0.2) is 4.52 Å². The Balaban J connectivity index is 1.57. The highest BCUT2D eigenvalue weighted by Crippen LogP contribution is 2.36. The SMILES string of the molecule is CCCC1CCC(c2noc(C3CNC(=O)CN3)n2)CC1. The second kappa shape index (κ2) is 6.56. The molecule has 1 aliphatic heterocycles. The number of hydrogen-bond acceptors (Lipinski definition) is 5. The lowest BCUT2D eigenvalue weighted by molar-refractivity contribution is -0.121. The van der Waals surface area contributed by atoms with Crippen molar-refractivity contribution in [1.29, 1.82) is 0 Å². The van der Waals surface area contributed by atoms with Gasteiger partial charge in [0.25, 0.3) is 0 Å². The molecule has 21 heavy (non-hydrogen) atoms. The molecule has 0 aromatic carbocycles. The predicted octanol–water partition coefficient (Wildman–Crippen LogP) is 1.90. The second-order valence-electron chi connectivity index (χ2n) is 6.23. The van der Waals surface area contributed by atoms with E-state index in [9.17, 15) is 4.79 Å². The monoisotopic (exact) mass is 292 g/mol. The average molecular weight is 292 g/mol. The standard InChI is InChI=1S/C15H24N4O2/c1-2-3-10-4-6-11(7-5-10)14-18-15(21-19-14)12-8-17-13(20)9-16-12/h10-12,16H,2-9H2,1H3,(H,17,20). The summed E-state index contributed by atoms with van der Waals surface area (Å²) in [6, 6.07) is -0.0552. The van der Waals surface area contributed by atoms with Crippen molar-refractivity contribution in [3.8, 4) is 0 Å². The van der Waals surface area contributed by atoms with Crippen LogP contribution in [0.5, 0.6) is 0 Å². The number of amides is 1. The Hall–Kier alpha value is -1.43. The second-order valence-corrected chi connectivity index (χ2v) is 6.23. The van der Waals surface area contributed by atoms with E-state index in [1.807, 2.05) is 0 Å². The Kier molecular flexibility index (Phi) is 4.53. The maximum atomic E-state index is 11.1. The minimum absolute atomic E-state index is 0.0141. The van der Waals surface area contributed by atoms with E-state index in [0.717, 1.165) is 11.7 Å². The Labute approximate surface area is 125 Å². The molecule has 1 aromatic heterocycles. The number of carbonyl (C=O) groups is 1. The van der Waals surface area contributed by atoms with Gasteiger partial charge >= 0.3 is 0 Å². The fourth-order valence-corrected chi connectivity index (χ4v) is 3.41. The molecular weight excluding hydrogens is 268 g/mol. The highest BCUT2D eigenvalue weighted by Gasteiger charge is 2.28. The van der Waals surface area contributed by atoms with Crippen molar-refractivity contribution in [2.75, 3.05) is 13.1 Å². The molecule has 1 atom stereocenters. The Morgan fingerprint density at radius 2 is 2.10 bits per heavy atom. The van der Waals surface area contributed by atoms with Gasteiger partial charge < -0.3 is 9.84 Å². The number of aromatic nitrogens is 2. The molecule has 0 bridgehead atoms. The van der Waals surface area contributed by atoms with E-state index in [4.69, 9.17) is 4.52 Å². The number of carbonyl (C=O) groups excluding carboxylic acids is 1. The van der Waals surface area contributed by atoms with Crippen molar-refractivity contribution in [3.05, 3.63) is 11.7 Å². The maximum absolute atomic E-state index is 11.1. The van der Waals surface area contributed by atoms with E-state index in [1.54, 1.807) is 0 Å². The van der Waals surface area contributed by atoms with Gasteiger partial charge in [-0.3, -0.25) is 10.1 Å². The summed E-state index contributed by atoms with van der Waals surface area (Å²) in [6.07, 6.45) is 7.51. The molecule has 6 heteroatoms. The van der Waals surface area contributed by atoms with Crippen LogP contribution in [0.1, 0.15) is 69.1 Å². The van der Waals surface area contributed by atoms with Gasteiger partial charge in [0.1, 0.15) is 6.04 Å². The van der Waals surface area contributed by atoms with Crippen LogP contribution in [-0.2, 0) is 4.79 Å². The molecule has 0 spiro atoms. The Morgan fingerprint density at radius 3 is 2.76 bits per heavy atom. The molecule has 1 aliphatic carbocycles. The summed E-state index contributed by atoms with van der Waals surface area (Å²) in [7, 11) is 0. The lowest BCUT2D eigenvalue weighted by Gasteiger charge is -2.26. The average Bonchev–Trinajstić information content (AvgIpc) is 2.99. The van der Waals surface area contributed by atoms with Gasteiger partial charge in [-0.25, -0.2) is 0 Å². The fourth-order valence-electron chi connectivity index (χ4n) is 3.41. The fraction of sp³-hybridized carbons (Fsp3) is 0.800. The van der Waals surface area contributed by atoms with Crippen molar-refractivity contribution in [1.82, 2.24) is 20.8 Å². The van der Waals surface area contributed by atoms with E-state index >= 15 is 0 Å². The minimum atomic E-state index is -0.0552. The third-order valence-corrected chi connectivity index (χ3v) is 4.68. The normalized spacial score (nSPS) is 30.1. The lowest BCUT2D eigenvalue weighted by Crippen LogP contribution is -2.47. The van der Waals surface area contributed by atoms with E-state index in [-0.39, 0.29) is 11.9 Å². The summed E-state index contributed by atoms with van der Waals surface area (Å²) in [5.41, 5.74) is 0. The third-order valence-electron chi connectivity index (χ3n) is 4.68. The topological polar surface area (TPSA) is 80.0 Å². The first kappa shape index (κ1) is 14.5. The first-order chi connectivity index (χ1) is 10.3. The zero-order valence-electron chi connectivity index (χ0n) is 12.6. The molecule has 116 valence electrons. The first-order valence-corrected chi connectivity index (χ1v) is 8.09. The van der Waals surface area contributed by atoms with Crippen LogP contribution in [0.4, 0.5) is 0 Å². The summed E-state index contributed by atoms with van der Waals surface area (Å²) in [5, 5.41) is 10.1. The molecule has 2 N–H and O–H groups in total. The molecule has 1 aromatic rings. The van der Waals surface area contributed by atoms with Gasteiger partial charge in [0.2, 0.25) is 11.8 Å². The van der Waals surface area contributed by atoms with Crippen LogP contribution >= 0.6 is 0 Å². The van der Waals surface area contributed by atoms with Gasteiger partial charge in [0.15, 0.2) is 5.82 Å². The lowest BCUT2D eigenvalue weighted by atomic mass is 9.80. The molecule has 2 fully saturated rings. The molecule has 3 rings (SSSR count). The number of rotatable bonds is 4. The summed E-state index contributed by atoms with van der Waals surface area (Å²) in [4.78, 5) is 15.7. The number of piperazine rings is 1. The van der Waals surface area contributed by atoms with Gasteiger partial charge in [0, 0.05) is 12.5 Å². The zero-order chi connectivity index (χ0) is 14.7. The molecule has 6 nitrogen and oxygen atoms in total. The molecule has 1 saturated carbocycles. The molecule has 2 heterocycles. The quantitative estimate of drug-likeness (QED) is 0.886. The van der Waals surface area contributed by atoms with Crippen LogP contribution in [-0.4, -0.2) is 29.1 Å². The first-order valence-electron chi connectivity index (χ1n) is 8.09. The smallest absolute Gasteiger partial charge is 0.245 e. The third kappa shape index (κ3) is 3.43. The van der Waals surface area contributed by atoms with Gasteiger partial charge in [0.05, 0.1) is 6.54 Å². The van der Waals surface area contributed by atoms with E-state index in [2.05, 4.69) is 27.7 Å². The van der Waals surface area contributed by atoms with Crippen molar-refractivity contribution >= 4 is 5.91 Å². The van der Waals surface area contributed by atoms with Crippen LogP contribution in [0.3, 0.4) is 0 Å². The molecule has 0 radical (unpaired) electrons. The molecule has 1 unspecified atom stereocenters. The van der Waals surface area contributed by atoms with Gasteiger partial charge in [-0.2, -0.15) is 4.98 Å². The Morgan fingerprint density at radius 1 is 1.29 bits per heavy atom. The zero-order valence-corrected chi connectivity index (χ0v) is 12.6. The largest absolute Gasteiger partial charge is 0.353 e. The molecule has 1 amide bonds. The predicted molar refractivity (Wildman–Crippen MR) is 77.7 cm³/mol. The van der Waals surface area contributed by atoms with E-state index in [0.29, 0.717) is 24.9 Å². The van der Waals surface area contributed by atoms with Gasteiger partial charge in [-0.05, 0) is 31.6 Å². The van der Waals surface area contributed by atoms with Crippen molar-refractivity contribution in [2.24, 2.45) is 5.92 Å². The van der Waals surface area contributed by atoms with Crippen LogP contribution in [0.25, 0.3) is 0 Å². The number of nitrogens with zero attached hydrogens (tertiary/aromatic N) is 2. The number of nitrogens with one attached hydrogen (secondary N) is 2. The molecular formula is C15H24N4O2. The van der Waals surface area contributed by atoms with Crippen LogP contribution < -0.4 is 10.6 Å². The highest BCUT2D eigenvalue weighted by molar-refractivity contribution is 5.78. The van der Waals surface area contributed by atoms with Crippen molar-refractivity contribution < 1.29 is 9.32 Å². The Bertz CT molecular complexity index is 470. The van der Waals surface area contributed by atoms with Crippen molar-refractivity contribution in [3.63, 3.8) is 0 Å². The van der Waals surface area contributed by atoms with E-state index in [1.165, 1.54) is 38.5 Å². The van der Waals surface area contributed by atoms with Gasteiger partial charge in [-0.1, -0.05) is 24.9 Å². The van der Waals surface area contributed by atoms with E-state index < -0.39 is 0 Å². The molecule has 2 aliphatic rings. The van der Waals surface area contributed by atoms with Gasteiger partial charge in [-0.15, -0.1) is 0 Å². The minimum Gasteiger partial charge on any atom is -0.353 e. The summed E-state index contributed by atoms with van der Waals surface area (Å²) in [5.74, 6) is 2.78. The number of hydrogen-bond donors (Lipinski definition) is 2. The molecule has 1 saturated heterocycles. The van der Waals surface area contributed by atoms with Crippen molar-refractivity contribution in [2.45, 2.75) is 57.4 Å². The highest BCUT2D eigenvalue weighted by atomic mass is 16.5.